The molecule has 0 saturated carbocycles. The predicted molar refractivity (Wildman–Crippen MR) is 172 cm³/mol. The third-order valence-corrected chi connectivity index (χ3v) is 9.34. The van der Waals surface area contributed by atoms with Gasteiger partial charge in [0.05, 0.1) is 31.5 Å². The average molecular weight is 774 g/mol. The molecular formula is C33H41O21+. The second-order valence-corrected chi connectivity index (χ2v) is 12.9. The third kappa shape index (κ3) is 7.58. The van der Waals surface area contributed by atoms with Gasteiger partial charge < -0.3 is 99.9 Å². The molecule has 21 nitrogen and oxygen atoms in total. The highest BCUT2D eigenvalue weighted by molar-refractivity contribution is 5.89. The van der Waals surface area contributed by atoms with Gasteiger partial charge in [-0.3, -0.25) is 0 Å². The SMILES string of the molecule is OC[C@H]1O[C@@H](Oc2cc(O)cc3[o+]c(-c4ccc(O)c(O)c4)c(O[C@@H]4O[C@H](CO)[C@@H](O)[C@H](O)[C@H]4O[C@@H]4O[C@H](CO)[C@@H](O)[C@H](O)[C@H]4O)cc23)[C@H](O)[C@@H](O)[C@@H]1O. The number of ether oxygens (including phenoxy) is 6. The van der Waals surface area contributed by atoms with Gasteiger partial charge in [0.15, 0.2) is 23.9 Å². The van der Waals surface area contributed by atoms with Crippen LogP contribution >= 0.6 is 0 Å². The third-order valence-electron chi connectivity index (χ3n) is 9.34. The Labute approximate surface area is 303 Å². The van der Waals surface area contributed by atoms with Gasteiger partial charge in [-0.05, 0) is 12.1 Å². The molecule has 6 rings (SSSR count). The first-order chi connectivity index (χ1) is 25.7. The number of aliphatic hydroxyl groups excluding tert-OH is 11. The van der Waals surface area contributed by atoms with Gasteiger partial charge in [0.25, 0.3) is 0 Å². The van der Waals surface area contributed by atoms with Crippen LogP contribution in [0.2, 0.25) is 0 Å². The van der Waals surface area contributed by atoms with Gasteiger partial charge in [-0.25, -0.2) is 4.42 Å². The number of phenols is 3. The molecule has 15 atom stereocenters. The topological polar surface area (TPSA) is 350 Å². The number of hydrogen-bond acceptors (Lipinski definition) is 20. The normalized spacial score (nSPS) is 37.3. The minimum absolute atomic E-state index is 0.0310. The second-order valence-electron chi connectivity index (χ2n) is 12.9. The number of hydrogen-bond donors (Lipinski definition) is 14. The van der Waals surface area contributed by atoms with E-state index in [9.17, 15) is 71.5 Å². The Balaban J connectivity index is 1.44. The highest BCUT2D eigenvalue weighted by atomic mass is 16.8. The summed E-state index contributed by atoms with van der Waals surface area (Å²) in [6.07, 6.45) is -26.5. The standard InChI is InChI=1S/C33H40O21/c34-7-18-21(40)24(43)27(46)31(51-18)49-16-5-11(37)4-15-12(16)6-17(29(48-15)10-1-2-13(38)14(39)3-10)50-33-30(26(45)23(42)20(9-36)53-33)54-32-28(47)25(44)22(41)19(8-35)52-32/h1-6,18-28,30-36,40-47H,7-9H2,(H2-,37,38,39)/p+1/t18-,19-,20-,21-,22-,23-,24+,25+,26+,27-,28-,30-,31-,32+,33-/m1/s1. The molecule has 0 aliphatic carbocycles. The molecule has 3 fully saturated rings. The van der Waals surface area contributed by atoms with Crippen molar-refractivity contribution in [1.82, 2.24) is 0 Å². The second kappa shape index (κ2) is 16.2. The molecule has 0 amide bonds. The van der Waals surface area contributed by atoms with Gasteiger partial charge in [0.1, 0.15) is 84.0 Å². The molecule has 3 aliphatic heterocycles. The Morgan fingerprint density at radius 1 is 0.537 bits per heavy atom. The molecular weight excluding hydrogens is 732 g/mol. The zero-order chi connectivity index (χ0) is 39.2. The Morgan fingerprint density at radius 2 is 1.07 bits per heavy atom. The Morgan fingerprint density at radius 3 is 1.67 bits per heavy atom. The summed E-state index contributed by atoms with van der Waals surface area (Å²) in [5, 5.41) is 144. The summed E-state index contributed by atoms with van der Waals surface area (Å²) in [6.45, 7) is -2.46. The van der Waals surface area contributed by atoms with Gasteiger partial charge in [-0.15, -0.1) is 0 Å². The minimum atomic E-state index is -1.97. The van der Waals surface area contributed by atoms with Gasteiger partial charge >= 0.3 is 11.3 Å². The summed E-state index contributed by atoms with van der Waals surface area (Å²) < 4.78 is 40.4. The van der Waals surface area contributed by atoms with Crippen LogP contribution in [0.4, 0.5) is 0 Å². The van der Waals surface area contributed by atoms with Crippen LogP contribution < -0.4 is 9.47 Å². The van der Waals surface area contributed by atoms with Crippen LogP contribution in [0.1, 0.15) is 0 Å². The lowest BCUT2D eigenvalue weighted by Gasteiger charge is -2.45. The molecule has 54 heavy (non-hydrogen) atoms. The Kier molecular flexibility index (Phi) is 11.9. The van der Waals surface area contributed by atoms with Crippen molar-refractivity contribution < 1.29 is 104 Å². The number of phenolic OH excluding ortho intramolecular Hbond substituents is 3. The van der Waals surface area contributed by atoms with Gasteiger partial charge in [-0.2, -0.15) is 0 Å². The molecule has 21 heteroatoms. The van der Waals surface area contributed by atoms with Crippen molar-refractivity contribution >= 4 is 11.0 Å². The van der Waals surface area contributed by atoms with E-state index in [-0.39, 0.29) is 33.8 Å². The van der Waals surface area contributed by atoms with Crippen LogP contribution in [0.25, 0.3) is 22.3 Å². The van der Waals surface area contributed by atoms with Crippen molar-refractivity contribution in [3.05, 3.63) is 36.4 Å². The molecule has 0 bridgehead atoms. The molecule has 3 aliphatic rings. The van der Waals surface area contributed by atoms with E-state index in [0.29, 0.717) is 0 Å². The molecule has 0 radical (unpaired) electrons. The summed E-state index contributed by atoms with van der Waals surface area (Å²) in [4.78, 5) is 0. The van der Waals surface area contributed by atoms with Gasteiger partial charge in [0.2, 0.25) is 18.3 Å². The lowest BCUT2D eigenvalue weighted by Crippen LogP contribution is -2.65. The van der Waals surface area contributed by atoms with Crippen LogP contribution in [0.15, 0.2) is 40.8 Å². The summed E-state index contributed by atoms with van der Waals surface area (Å²) in [7, 11) is 0. The Bertz CT molecular complexity index is 1760. The van der Waals surface area contributed by atoms with Crippen molar-refractivity contribution in [2.75, 3.05) is 19.8 Å². The Hall–Kier alpha value is -3.75. The molecule has 2 aromatic carbocycles. The maximum atomic E-state index is 11.2. The van der Waals surface area contributed by atoms with Crippen LogP contribution in [0.3, 0.4) is 0 Å². The highest BCUT2D eigenvalue weighted by Crippen LogP contribution is 2.43. The lowest BCUT2D eigenvalue weighted by atomic mass is 9.97. The predicted octanol–water partition coefficient (Wildman–Crippen LogP) is -4.32. The van der Waals surface area contributed by atoms with E-state index < -0.39 is 129 Å². The minimum Gasteiger partial charge on any atom is -0.507 e. The monoisotopic (exact) mass is 773 g/mol. The van der Waals surface area contributed by atoms with E-state index in [4.69, 9.17) is 32.8 Å². The van der Waals surface area contributed by atoms with Crippen molar-refractivity contribution in [2.45, 2.75) is 92.1 Å². The molecule has 298 valence electrons. The van der Waals surface area contributed by atoms with E-state index in [2.05, 4.69) is 0 Å². The molecule has 0 spiro atoms. The first-order valence-corrected chi connectivity index (χ1v) is 16.6. The molecule has 4 heterocycles. The summed E-state index contributed by atoms with van der Waals surface area (Å²) in [6, 6.07) is 6.87. The summed E-state index contributed by atoms with van der Waals surface area (Å²) in [5.41, 5.74) is -0.115. The van der Waals surface area contributed by atoms with E-state index >= 15 is 0 Å². The van der Waals surface area contributed by atoms with Crippen LogP contribution in [-0.2, 0) is 18.9 Å². The van der Waals surface area contributed by atoms with Gasteiger partial charge in [-0.1, -0.05) is 0 Å². The fourth-order valence-corrected chi connectivity index (χ4v) is 6.27. The number of rotatable bonds is 10. The van der Waals surface area contributed by atoms with E-state index in [1.165, 1.54) is 12.1 Å². The number of benzene rings is 2. The van der Waals surface area contributed by atoms with Crippen molar-refractivity contribution in [1.29, 1.82) is 0 Å². The first kappa shape index (κ1) is 39.9. The highest BCUT2D eigenvalue weighted by Gasteiger charge is 2.52. The molecule has 14 N–H and O–H groups in total. The number of aliphatic hydroxyl groups is 11. The molecule has 1 aromatic heterocycles. The molecule has 3 saturated heterocycles. The molecule has 0 unspecified atom stereocenters. The van der Waals surface area contributed by atoms with Crippen molar-refractivity contribution in [2.24, 2.45) is 0 Å². The first-order valence-electron chi connectivity index (χ1n) is 16.6. The van der Waals surface area contributed by atoms with E-state index in [1.54, 1.807) is 0 Å². The zero-order valence-electron chi connectivity index (χ0n) is 27.9. The lowest BCUT2D eigenvalue weighted by molar-refractivity contribution is -0.357. The fraction of sp³-hybridized carbons (Fsp3) is 0.545. The average Bonchev–Trinajstić information content (AvgIpc) is 3.15. The fourth-order valence-electron chi connectivity index (χ4n) is 6.27. The maximum absolute atomic E-state index is 11.2. The van der Waals surface area contributed by atoms with Crippen LogP contribution in [0.5, 0.6) is 28.7 Å². The van der Waals surface area contributed by atoms with Crippen molar-refractivity contribution in [3.63, 3.8) is 0 Å². The van der Waals surface area contributed by atoms with Crippen molar-refractivity contribution in [3.8, 4) is 40.1 Å². The van der Waals surface area contributed by atoms with Crippen LogP contribution in [0, 0.1) is 0 Å². The zero-order valence-corrected chi connectivity index (χ0v) is 27.9. The maximum Gasteiger partial charge on any atom is 0.402 e. The number of fused-ring (bicyclic) bond motifs is 1. The van der Waals surface area contributed by atoms with Crippen LogP contribution in [-0.4, -0.2) is 183 Å². The number of aromatic hydroxyl groups is 3. The summed E-state index contributed by atoms with van der Waals surface area (Å²) in [5.74, 6) is -2.45. The van der Waals surface area contributed by atoms with E-state index in [1.807, 2.05) is 0 Å². The smallest absolute Gasteiger partial charge is 0.402 e. The van der Waals surface area contributed by atoms with Gasteiger partial charge in [0, 0.05) is 18.2 Å². The largest absolute Gasteiger partial charge is 0.507 e. The summed E-state index contributed by atoms with van der Waals surface area (Å²) >= 11 is 0. The van der Waals surface area contributed by atoms with E-state index in [0.717, 1.165) is 24.3 Å². The quantitative estimate of drug-likeness (QED) is 0.0684. The molecule has 3 aromatic rings.